The summed E-state index contributed by atoms with van der Waals surface area (Å²) in [6.45, 7) is 5.07. The number of nitrogens with one attached hydrogen (secondary N) is 1. The van der Waals surface area contributed by atoms with Crippen LogP contribution >= 0.6 is 0 Å². The number of hydrogen-bond acceptors (Lipinski definition) is 4. The van der Waals surface area contributed by atoms with Gasteiger partial charge in [0.25, 0.3) is 5.56 Å². The summed E-state index contributed by atoms with van der Waals surface area (Å²) in [5.41, 5.74) is 0.827. The van der Waals surface area contributed by atoms with Crippen molar-refractivity contribution >= 4 is 5.91 Å². The maximum Gasteiger partial charge on any atom is 0.257 e. The number of aryl methyl sites for hydroxylation is 1. The Kier molecular flexibility index (Phi) is 6.63. The Morgan fingerprint density at radius 1 is 1.42 bits per heavy atom. The van der Waals surface area contributed by atoms with Crippen LogP contribution in [0.25, 0.3) is 11.4 Å². The van der Waals surface area contributed by atoms with Crippen molar-refractivity contribution < 1.29 is 14.3 Å². The van der Waals surface area contributed by atoms with E-state index in [-0.39, 0.29) is 37.3 Å². The van der Waals surface area contributed by atoms with Gasteiger partial charge in [-0.05, 0) is 32.4 Å². The average Bonchev–Trinajstić information content (AvgIpc) is 2.60. The fourth-order valence-electron chi connectivity index (χ4n) is 2.66. The van der Waals surface area contributed by atoms with Crippen LogP contribution in [0.2, 0.25) is 0 Å². The summed E-state index contributed by atoms with van der Waals surface area (Å²) in [5, 5.41) is 12.0. The monoisotopic (exact) mass is 361 g/mol. The minimum atomic E-state index is -0.454. The number of aromatic nitrogens is 2. The average molecular weight is 361 g/mol. The summed E-state index contributed by atoms with van der Waals surface area (Å²) in [5.74, 6) is -0.544. The van der Waals surface area contributed by atoms with Crippen LogP contribution in [0.4, 0.5) is 4.39 Å². The van der Waals surface area contributed by atoms with E-state index in [1.807, 2.05) is 13.8 Å². The number of hydrogen-bond donors (Lipinski definition) is 2. The highest BCUT2D eigenvalue weighted by atomic mass is 19.1. The first kappa shape index (κ1) is 19.8. The van der Waals surface area contributed by atoms with E-state index in [2.05, 4.69) is 10.3 Å². The van der Waals surface area contributed by atoms with Gasteiger partial charge in [0.1, 0.15) is 18.2 Å². The fraction of sp³-hybridized carbons (Fsp3) is 0.421. The molecule has 0 saturated carbocycles. The SMILES string of the molecule is CCC(C)NC(=O)Cn1c(-c2cccc(F)c2)nc(C)c(CCO)c1=O. The van der Waals surface area contributed by atoms with Crippen molar-refractivity contribution in [3.05, 3.63) is 51.7 Å². The van der Waals surface area contributed by atoms with Crippen LogP contribution < -0.4 is 10.9 Å². The van der Waals surface area contributed by atoms with Crippen LogP contribution in [0.3, 0.4) is 0 Å². The van der Waals surface area contributed by atoms with Gasteiger partial charge in [0, 0.05) is 35.9 Å². The lowest BCUT2D eigenvalue weighted by Gasteiger charge is -2.17. The van der Waals surface area contributed by atoms with E-state index in [9.17, 15) is 19.1 Å². The van der Waals surface area contributed by atoms with Crippen molar-refractivity contribution in [3.63, 3.8) is 0 Å². The quantitative estimate of drug-likeness (QED) is 0.788. The third kappa shape index (κ3) is 4.54. The Bertz CT molecular complexity index is 848. The van der Waals surface area contributed by atoms with Crippen molar-refractivity contribution in [1.29, 1.82) is 0 Å². The van der Waals surface area contributed by atoms with Gasteiger partial charge in [-0.15, -0.1) is 0 Å². The Balaban J connectivity index is 2.56. The molecule has 0 radical (unpaired) electrons. The van der Waals surface area contributed by atoms with Crippen molar-refractivity contribution in [2.75, 3.05) is 6.61 Å². The van der Waals surface area contributed by atoms with E-state index < -0.39 is 11.4 Å². The second kappa shape index (κ2) is 8.71. The van der Waals surface area contributed by atoms with Gasteiger partial charge in [-0.1, -0.05) is 19.1 Å². The number of halogens is 1. The number of amides is 1. The van der Waals surface area contributed by atoms with Crippen molar-refractivity contribution in [2.24, 2.45) is 0 Å². The minimum absolute atomic E-state index is 0.0221. The van der Waals surface area contributed by atoms with Crippen LogP contribution in [0.15, 0.2) is 29.1 Å². The standard InChI is InChI=1S/C19H24FN3O3/c1-4-12(2)21-17(25)11-23-18(14-6-5-7-15(20)10-14)22-13(3)16(8-9-24)19(23)26/h5-7,10,12,24H,4,8-9,11H2,1-3H3,(H,21,25). The van der Waals surface area contributed by atoms with Gasteiger partial charge in [0.05, 0.1) is 0 Å². The second-order valence-corrected chi connectivity index (χ2v) is 6.25. The molecule has 2 rings (SSSR count). The van der Waals surface area contributed by atoms with Crippen LogP contribution in [-0.2, 0) is 17.8 Å². The molecule has 2 aromatic rings. The lowest BCUT2D eigenvalue weighted by Crippen LogP contribution is -2.39. The number of nitrogens with zero attached hydrogens (tertiary/aromatic N) is 2. The third-order valence-electron chi connectivity index (χ3n) is 4.24. The number of benzene rings is 1. The van der Waals surface area contributed by atoms with E-state index in [0.717, 1.165) is 6.42 Å². The molecule has 1 aromatic carbocycles. The van der Waals surface area contributed by atoms with Gasteiger partial charge in [0.2, 0.25) is 5.91 Å². The minimum Gasteiger partial charge on any atom is -0.396 e. The molecule has 0 fully saturated rings. The van der Waals surface area contributed by atoms with Crippen molar-refractivity contribution in [2.45, 2.75) is 46.2 Å². The van der Waals surface area contributed by atoms with Crippen molar-refractivity contribution in [1.82, 2.24) is 14.9 Å². The van der Waals surface area contributed by atoms with Gasteiger partial charge in [-0.3, -0.25) is 14.2 Å². The Hall–Kier alpha value is -2.54. The Morgan fingerprint density at radius 3 is 2.77 bits per heavy atom. The zero-order valence-electron chi connectivity index (χ0n) is 15.3. The molecule has 1 amide bonds. The lowest BCUT2D eigenvalue weighted by molar-refractivity contribution is -0.122. The fourth-order valence-corrected chi connectivity index (χ4v) is 2.66. The van der Waals surface area contributed by atoms with Crippen LogP contribution in [0.1, 0.15) is 31.5 Å². The second-order valence-electron chi connectivity index (χ2n) is 6.25. The molecule has 1 atom stereocenters. The highest BCUT2D eigenvalue weighted by Gasteiger charge is 2.18. The number of carbonyl (C=O) groups excluding carboxylic acids is 1. The van der Waals surface area contributed by atoms with Gasteiger partial charge in [0.15, 0.2) is 0 Å². The van der Waals surface area contributed by atoms with Crippen molar-refractivity contribution in [3.8, 4) is 11.4 Å². The van der Waals surface area contributed by atoms with Crippen LogP contribution in [0, 0.1) is 12.7 Å². The third-order valence-corrected chi connectivity index (χ3v) is 4.24. The summed E-state index contributed by atoms with van der Waals surface area (Å²) in [7, 11) is 0. The van der Waals surface area contributed by atoms with Gasteiger partial charge in [-0.25, -0.2) is 9.37 Å². The molecule has 1 unspecified atom stereocenters. The smallest absolute Gasteiger partial charge is 0.257 e. The number of carbonyl (C=O) groups is 1. The first-order chi connectivity index (χ1) is 12.4. The molecule has 140 valence electrons. The van der Waals surface area contributed by atoms with E-state index in [1.54, 1.807) is 13.0 Å². The molecule has 0 bridgehead atoms. The van der Waals surface area contributed by atoms with Crippen LogP contribution in [-0.4, -0.2) is 33.2 Å². The van der Waals surface area contributed by atoms with E-state index in [1.165, 1.54) is 22.8 Å². The predicted molar refractivity (Wildman–Crippen MR) is 97.3 cm³/mol. The zero-order chi connectivity index (χ0) is 19.3. The molecule has 1 aromatic heterocycles. The van der Waals surface area contributed by atoms with Gasteiger partial charge < -0.3 is 10.4 Å². The van der Waals surface area contributed by atoms with Gasteiger partial charge in [-0.2, -0.15) is 0 Å². The largest absolute Gasteiger partial charge is 0.396 e. The maximum atomic E-state index is 13.6. The highest BCUT2D eigenvalue weighted by molar-refractivity contribution is 5.76. The summed E-state index contributed by atoms with van der Waals surface area (Å²) in [4.78, 5) is 29.6. The first-order valence-corrected chi connectivity index (χ1v) is 8.63. The topological polar surface area (TPSA) is 84.2 Å². The zero-order valence-corrected chi connectivity index (χ0v) is 15.3. The number of rotatable bonds is 7. The molecule has 0 aliphatic rings. The number of aliphatic hydroxyl groups is 1. The summed E-state index contributed by atoms with van der Waals surface area (Å²) < 4.78 is 14.9. The summed E-state index contributed by atoms with van der Waals surface area (Å²) in [6.07, 6.45) is 0.910. The highest BCUT2D eigenvalue weighted by Crippen LogP contribution is 2.18. The first-order valence-electron chi connectivity index (χ1n) is 8.63. The Labute approximate surface area is 151 Å². The van der Waals surface area contributed by atoms with E-state index in [0.29, 0.717) is 16.8 Å². The lowest BCUT2D eigenvalue weighted by atomic mass is 10.1. The molecular formula is C19H24FN3O3. The molecule has 7 heteroatoms. The summed E-state index contributed by atoms with van der Waals surface area (Å²) >= 11 is 0. The molecule has 1 heterocycles. The van der Waals surface area contributed by atoms with E-state index >= 15 is 0 Å². The maximum absolute atomic E-state index is 13.6. The van der Waals surface area contributed by atoms with Gasteiger partial charge >= 0.3 is 0 Å². The molecule has 2 N–H and O–H groups in total. The predicted octanol–water partition coefficient (Wildman–Crippen LogP) is 1.81. The Morgan fingerprint density at radius 2 is 2.15 bits per heavy atom. The normalized spacial score (nSPS) is 12.0. The summed E-state index contributed by atoms with van der Waals surface area (Å²) in [6, 6.07) is 5.72. The number of aliphatic hydroxyl groups excluding tert-OH is 1. The molecule has 0 saturated heterocycles. The molecule has 0 spiro atoms. The molecular weight excluding hydrogens is 337 g/mol. The molecule has 6 nitrogen and oxygen atoms in total. The molecule has 0 aliphatic heterocycles. The molecule has 0 aliphatic carbocycles. The van der Waals surface area contributed by atoms with Crippen LogP contribution in [0.5, 0.6) is 0 Å². The van der Waals surface area contributed by atoms with E-state index in [4.69, 9.17) is 0 Å². The molecule has 26 heavy (non-hydrogen) atoms.